The summed E-state index contributed by atoms with van der Waals surface area (Å²) in [6.45, 7) is 18.2. The minimum absolute atomic E-state index is 0.193. The zero-order valence-electron chi connectivity index (χ0n) is 79.5. The standard InChI is InChI=1S/C111H166N4O10S/c1-8-14-20-26-32-38-44-52-73-119-94-80-90(81-95(86-94)120-74-53-45-39-33-27-21-15-9-2)109-102-66-64-100(112-102)108(89-60-62-93(63-61-89)118-72-58-50-51-59-79-125-126(7,116)117)101-65-67-103(113-101)110(91-82-96(121-75-54-46-40-34-28-22-16-10-3)87-97(83-91)122-76-55-47-41-35-29-23-17-11-4)105-69-71-107(115-105)111(106-70-68-104(109)114-106)92-84-98(123-77-56-48-42-36-30-24-18-12-5)88-99(85-92)124-78-57-49-43-37-31-25-19-13-6/h60-71,80-88,112-115H,8-59,72-79H2,1-7H3. The Morgan fingerprint density at radius 1 is 0.198 bits per heavy atom. The molecule has 0 saturated heterocycles. The number of ether oxygens (including phenoxy) is 7. The highest BCUT2D eigenvalue weighted by Gasteiger charge is 2.23. The van der Waals surface area contributed by atoms with E-state index in [1.807, 2.05) is 0 Å². The van der Waals surface area contributed by atoms with Crippen molar-refractivity contribution in [1.29, 1.82) is 0 Å². The van der Waals surface area contributed by atoms with Crippen LogP contribution in [0.3, 0.4) is 0 Å². The molecule has 9 rings (SSSR count). The minimum Gasteiger partial charge on any atom is -0.494 e. The average molecular weight is 1750 g/mol. The second-order valence-electron chi connectivity index (χ2n) is 36.0. The van der Waals surface area contributed by atoms with E-state index in [0.29, 0.717) is 52.7 Å². The molecule has 0 radical (unpaired) electrons. The zero-order valence-corrected chi connectivity index (χ0v) is 80.4. The number of hydrogen-bond acceptors (Lipinski definition) is 10. The first kappa shape index (κ1) is 102. The van der Waals surface area contributed by atoms with Crippen molar-refractivity contribution < 1.29 is 45.8 Å². The highest BCUT2D eigenvalue weighted by molar-refractivity contribution is 7.86. The maximum absolute atomic E-state index is 11.6. The number of aromatic amines is 4. The number of aromatic nitrogens is 4. The molecular formula is C111H166N4O10S. The fraction of sp³-hybridized carbons (Fsp3) is 0.604. The average Bonchev–Trinajstić information content (AvgIpc) is 1.60. The molecule has 15 heteroatoms. The molecule has 126 heavy (non-hydrogen) atoms. The lowest BCUT2D eigenvalue weighted by Gasteiger charge is -2.15. The van der Waals surface area contributed by atoms with Gasteiger partial charge in [-0.25, -0.2) is 0 Å². The van der Waals surface area contributed by atoms with Gasteiger partial charge < -0.3 is 53.1 Å². The Kier molecular flexibility index (Phi) is 49.6. The van der Waals surface area contributed by atoms with Crippen LogP contribution in [0.4, 0.5) is 0 Å². The largest absolute Gasteiger partial charge is 0.494 e. The normalized spacial score (nSPS) is 12.3. The van der Waals surface area contributed by atoms with E-state index in [2.05, 4.69) is 189 Å². The van der Waals surface area contributed by atoms with Crippen LogP contribution in [-0.2, 0) is 14.3 Å². The first-order valence-corrected chi connectivity index (χ1v) is 52.9. The van der Waals surface area contributed by atoms with Gasteiger partial charge in [-0.2, -0.15) is 8.42 Å². The fourth-order valence-electron chi connectivity index (χ4n) is 17.5. The Morgan fingerprint density at radius 3 is 0.603 bits per heavy atom. The van der Waals surface area contributed by atoms with Gasteiger partial charge in [0.15, 0.2) is 0 Å². The molecule has 4 aromatic carbocycles. The molecule has 4 aromatic heterocycles. The first-order chi connectivity index (χ1) is 62.0. The number of unbranched alkanes of at least 4 members (excludes halogenated alkanes) is 45. The number of nitrogens with one attached hydrogen (secondary N) is 4. The van der Waals surface area contributed by atoms with E-state index in [-0.39, 0.29) is 6.61 Å². The van der Waals surface area contributed by atoms with Crippen molar-refractivity contribution in [2.45, 2.75) is 375 Å². The zero-order chi connectivity index (χ0) is 88.5. The predicted molar refractivity (Wildman–Crippen MR) is 527 cm³/mol. The number of rotatable bonds is 73. The van der Waals surface area contributed by atoms with Crippen molar-refractivity contribution in [3.05, 3.63) is 194 Å². The molecule has 14 nitrogen and oxygen atoms in total. The van der Waals surface area contributed by atoms with Gasteiger partial charge >= 0.3 is 0 Å². The van der Waals surface area contributed by atoms with Gasteiger partial charge in [0.05, 0.1) is 59.1 Å². The molecular weight excluding hydrogens is 1580 g/mol. The van der Waals surface area contributed by atoms with Crippen LogP contribution in [0.25, 0.3) is 22.3 Å². The summed E-state index contributed by atoms with van der Waals surface area (Å²) in [6.07, 6.45) is 62.8. The van der Waals surface area contributed by atoms with E-state index in [0.717, 1.165) is 232 Å². The van der Waals surface area contributed by atoms with Crippen molar-refractivity contribution in [3.63, 3.8) is 0 Å². The molecule has 0 amide bonds. The summed E-state index contributed by atoms with van der Waals surface area (Å²) >= 11 is 0. The summed E-state index contributed by atoms with van der Waals surface area (Å²) in [6, 6.07) is 46.2. The summed E-state index contributed by atoms with van der Waals surface area (Å²) in [7, 11) is -3.47. The van der Waals surface area contributed by atoms with E-state index in [1.165, 1.54) is 231 Å². The lowest BCUT2D eigenvalue weighted by molar-refractivity contribution is 0.289. The smallest absolute Gasteiger partial charge is 0.264 e. The Balaban J connectivity index is 1.24. The predicted octanol–water partition coefficient (Wildman–Crippen LogP) is 28.3. The van der Waals surface area contributed by atoms with Crippen LogP contribution in [0.5, 0.6) is 40.2 Å². The second kappa shape index (κ2) is 61.5. The van der Waals surface area contributed by atoms with Crippen LogP contribution in [-0.4, -0.2) is 87.5 Å². The van der Waals surface area contributed by atoms with Crippen molar-refractivity contribution in [2.24, 2.45) is 0 Å². The molecule has 0 saturated carbocycles. The van der Waals surface area contributed by atoms with Gasteiger partial charge in [-0.3, -0.25) is 4.18 Å². The molecule has 0 unspecified atom stereocenters. The highest BCUT2D eigenvalue weighted by atomic mass is 32.2. The van der Waals surface area contributed by atoms with Gasteiger partial charge in [0.2, 0.25) is 0 Å². The van der Waals surface area contributed by atoms with Gasteiger partial charge in [-0.15, -0.1) is 0 Å². The van der Waals surface area contributed by atoms with E-state index in [1.54, 1.807) is 0 Å². The van der Waals surface area contributed by atoms with E-state index in [4.69, 9.17) is 37.3 Å². The van der Waals surface area contributed by atoms with E-state index < -0.39 is 10.1 Å². The molecule has 5 heterocycles. The number of fused-ring (bicyclic) bond motifs is 8. The van der Waals surface area contributed by atoms with Gasteiger partial charge in [0.25, 0.3) is 10.1 Å². The van der Waals surface area contributed by atoms with Crippen molar-refractivity contribution >= 4 is 32.4 Å². The topological polar surface area (TPSA) is 171 Å². The molecule has 696 valence electrons. The van der Waals surface area contributed by atoms with Gasteiger partial charge in [-0.1, -0.05) is 330 Å². The van der Waals surface area contributed by atoms with E-state index >= 15 is 0 Å². The van der Waals surface area contributed by atoms with Crippen LogP contribution in [0.15, 0.2) is 127 Å². The molecule has 0 spiro atoms. The third-order valence-electron chi connectivity index (χ3n) is 24.8. The maximum atomic E-state index is 11.6. The first-order valence-electron chi connectivity index (χ1n) is 51.0. The van der Waals surface area contributed by atoms with Crippen LogP contribution >= 0.6 is 0 Å². The maximum Gasteiger partial charge on any atom is 0.264 e. The van der Waals surface area contributed by atoms with Crippen LogP contribution in [0.2, 0.25) is 0 Å². The summed E-state index contributed by atoms with van der Waals surface area (Å²) in [5.74, 6) is 5.51. The van der Waals surface area contributed by atoms with Gasteiger partial charge in [0.1, 0.15) is 40.2 Å². The number of H-pyrrole nitrogens is 4. The van der Waals surface area contributed by atoms with Crippen molar-refractivity contribution in [1.82, 2.24) is 19.9 Å². The SMILES string of the molecule is CCCCCCCCCCOc1cc(OCCCCCCCCCC)cc(C2=c3ccc([nH]3)=C(c3ccc(OCCCCCCOS(C)(=O)=O)cc3)c3ccc([nH]3)C(c3cc(OCCCCCCCCCC)cc(OCCCCCCCCCC)c3)=c3ccc([nH]3)=C(c3cc(OCCCCCCCCCC)cc(OCCCCCCCCCC)c3)c3ccc2[nH]3)c1. The Bertz CT molecular complexity index is 4520. The molecule has 8 aromatic rings. The van der Waals surface area contributed by atoms with Crippen LogP contribution in [0, 0.1) is 0 Å². The molecule has 4 N–H and O–H groups in total. The molecule has 8 bridgehead atoms. The van der Waals surface area contributed by atoms with Gasteiger partial charge in [-0.05, 0) is 177 Å². The minimum atomic E-state index is -3.47. The van der Waals surface area contributed by atoms with Crippen molar-refractivity contribution in [3.8, 4) is 40.2 Å². The summed E-state index contributed by atoms with van der Waals surface area (Å²) in [5.41, 5.74) is 11.5. The Labute approximate surface area is 762 Å². The lowest BCUT2D eigenvalue weighted by Crippen LogP contribution is -2.19. The monoisotopic (exact) mass is 1750 g/mol. The van der Waals surface area contributed by atoms with Crippen molar-refractivity contribution in [2.75, 3.05) is 59.1 Å². The summed E-state index contributed by atoms with van der Waals surface area (Å²) < 4.78 is 76.3. The third kappa shape index (κ3) is 38.3. The molecule has 1 aliphatic rings. The summed E-state index contributed by atoms with van der Waals surface area (Å²) in [4.78, 5) is 16.6. The van der Waals surface area contributed by atoms with Crippen LogP contribution in [0.1, 0.15) is 420 Å². The number of hydrogen-bond donors (Lipinski definition) is 4. The molecule has 0 fully saturated rings. The molecule has 1 aliphatic heterocycles. The van der Waals surface area contributed by atoms with Crippen LogP contribution < -0.4 is 54.6 Å². The van der Waals surface area contributed by atoms with Gasteiger partial charge in [0, 0.05) is 84.7 Å². The quantitative estimate of drug-likeness (QED) is 0.0212. The lowest BCUT2D eigenvalue weighted by atomic mass is 10.0. The molecule has 0 aliphatic carbocycles. The second-order valence-corrected chi connectivity index (χ2v) is 37.6. The van der Waals surface area contributed by atoms with E-state index in [9.17, 15) is 8.42 Å². The highest BCUT2D eigenvalue weighted by Crippen LogP contribution is 2.37. The third-order valence-corrected chi connectivity index (χ3v) is 25.3. The Morgan fingerprint density at radius 2 is 0.389 bits per heavy atom. The molecule has 0 atom stereocenters. The Hall–Kier alpha value is -8.01. The fourth-order valence-corrected chi connectivity index (χ4v) is 17.9. The summed E-state index contributed by atoms with van der Waals surface area (Å²) in [5, 5.41) is 3.67. The number of benzene rings is 4.